The van der Waals surface area contributed by atoms with Crippen molar-refractivity contribution >= 4 is 17.4 Å². The number of ketones is 1. The highest BCUT2D eigenvalue weighted by Gasteiger charge is 2.40. The minimum Gasteiger partial charge on any atom is -0.493 e. The predicted molar refractivity (Wildman–Crippen MR) is 123 cm³/mol. The van der Waals surface area contributed by atoms with Crippen molar-refractivity contribution in [3.05, 3.63) is 58.3 Å². The number of anilines is 1. The lowest BCUT2D eigenvalue weighted by atomic mass is 9.77. The van der Waals surface area contributed by atoms with Gasteiger partial charge in [0.05, 0.1) is 21.3 Å². The monoisotopic (exact) mass is 435 g/mol. The third-order valence-corrected chi connectivity index (χ3v) is 6.51. The number of carbonyl (C=O) groups is 2. The lowest BCUT2D eigenvalue weighted by molar-refractivity contribution is -0.119. The van der Waals surface area contributed by atoms with Gasteiger partial charge in [0.15, 0.2) is 17.3 Å². The minimum atomic E-state index is -0.346. The number of amides is 1. The first kappa shape index (κ1) is 21.9. The summed E-state index contributed by atoms with van der Waals surface area (Å²) in [5, 5.41) is 0. The number of ether oxygens (including phenoxy) is 3. The summed E-state index contributed by atoms with van der Waals surface area (Å²) in [5.74, 6) is 1.25. The van der Waals surface area contributed by atoms with Crippen LogP contribution in [0, 0.1) is 13.8 Å². The summed E-state index contributed by atoms with van der Waals surface area (Å²) in [6.07, 6.45) is 2.14. The molecular weight excluding hydrogens is 406 g/mol. The van der Waals surface area contributed by atoms with Gasteiger partial charge in [-0.25, -0.2) is 0 Å². The van der Waals surface area contributed by atoms with E-state index in [0.717, 1.165) is 34.5 Å². The smallest absolute Gasteiger partial charge is 0.232 e. The number of nitrogens with zero attached hydrogens (tertiary/aromatic N) is 1. The van der Waals surface area contributed by atoms with Gasteiger partial charge in [0.25, 0.3) is 0 Å². The van der Waals surface area contributed by atoms with Crippen molar-refractivity contribution in [2.24, 2.45) is 0 Å². The molecule has 32 heavy (non-hydrogen) atoms. The van der Waals surface area contributed by atoms with Crippen molar-refractivity contribution in [2.75, 3.05) is 26.2 Å². The normalized spacial score (nSPS) is 18.5. The Morgan fingerprint density at radius 3 is 2.16 bits per heavy atom. The molecule has 4 rings (SSSR count). The van der Waals surface area contributed by atoms with E-state index >= 15 is 0 Å². The second-order valence-electron chi connectivity index (χ2n) is 8.35. The van der Waals surface area contributed by atoms with Crippen molar-refractivity contribution in [3.8, 4) is 17.2 Å². The summed E-state index contributed by atoms with van der Waals surface area (Å²) >= 11 is 0. The molecular formula is C26H29NO5. The molecule has 1 aliphatic heterocycles. The number of carbonyl (C=O) groups excluding carboxylic acids is 2. The average Bonchev–Trinajstić information content (AvgIpc) is 2.79. The van der Waals surface area contributed by atoms with Crippen LogP contribution in [0.1, 0.15) is 48.3 Å². The van der Waals surface area contributed by atoms with Crippen molar-refractivity contribution in [3.63, 3.8) is 0 Å². The molecule has 0 bridgehead atoms. The summed E-state index contributed by atoms with van der Waals surface area (Å²) in [4.78, 5) is 28.4. The van der Waals surface area contributed by atoms with Crippen LogP contribution in [-0.2, 0) is 9.59 Å². The number of hydrogen-bond acceptors (Lipinski definition) is 5. The van der Waals surface area contributed by atoms with Crippen LogP contribution in [0.5, 0.6) is 17.2 Å². The summed E-state index contributed by atoms with van der Waals surface area (Å²) < 4.78 is 16.5. The van der Waals surface area contributed by atoms with E-state index in [9.17, 15) is 9.59 Å². The van der Waals surface area contributed by atoms with E-state index in [1.165, 1.54) is 5.56 Å². The third-order valence-electron chi connectivity index (χ3n) is 6.51. The molecule has 2 aromatic rings. The first-order valence-corrected chi connectivity index (χ1v) is 10.9. The Labute approximate surface area is 188 Å². The zero-order valence-corrected chi connectivity index (χ0v) is 19.3. The lowest BCUT2D eigenvalue weighted by Gasteiger charge is -2.38. The molecule has 0 radical (unpaired) electrons. The van der Waals surface area contributed by atoms with E-state index in [4.69, 9.17) is 14.2 Å². The molecule has 6 nitrogen and oxygen atoms in total. The average molecular weight is 436 g/mol. The number of hydrogen-bond donors (Lipinski definition) is 0. The Balaban J connectivity index is 1.88. The Hall–Kier alpha value is -3.28. The molecule has 0 N–H and O–H groups in total. The van der Waals surface area contributed by atoms with Gasteiger partial charge in [-0.2, -0.15) is 0 Å². The fraction of sp³-hybridized carbons (Fsp3) is 0.385. The Kier molecular flexibility index (Phi) is 5.96. The van der Waals surface area contributed by atoms with Gasteiger partial charge in [0.1, 0.15) is 0 Å². The van der Waals surface area contributed by atoms with Gasteiger partial charge in [0, 0.05) is 35.7 Å². The zero-order valence-electron chi connectivity index (χ0n) is 19.3. The topological polar surface area (TPSA) is 65.1 Å². The fourth-order valence-electron chi connectivity index (χ4n) is 4.74. The molecule has 1 heterocycles. The second kappa shape index (κ2) is 8.69. The van der Waals surface area contributed by atoms with Crippen molar-refractivity contribution in [1.29, 1.82) is 0 Å². The van der Waals surface area contributed by atoms with Gasteiger partial charge in [-0.15, -0.1) is 0 Å². The number of benzene rings is 2. The molecule has 0 fully saturated rings. The van der Waals surface area contributed by atoms with E-state index in [-0.39, 0.29) is 24.0 Å². The van der Waals surface area contributed by atoms with Gasteiger partial charge in [-0.05, 0) is 67.6 Å². The van der Waals surface area contributed by atoms with Crippen molar-refractivity contribution in [2.45, 2.75) is 45.4 Å². The molecule has 2 aromatic carbocycles. The Morgan fingerprint density at radius 1 is 0.875 bits per heavy atom. The molecule has 2 aliphatic rings. The molecule has 0 aromatic heterocycles. The van der Waals surface area contributed by atoms with Crippen molar-refractivity contribution in [1.82, 2.24) is 0 Å². The van der Waals surface area contributed by atoms with Crippen LogP contribution in [0.4, 0.5) is 5.69 Å². The standard InChI is InChI=1S/C26H29NO5/c1-15-9-10-18(11-16(15)2)27-20-7-6-8-21(28)25(20)19(14-24(27)29)17-12-22(30-3)26(32-5)23(13-17)31-4/h9-13,19H,6-8,14H2,1-5H3. The van der Waals surface area contributed by atoms with Gasteiger partial charge in [0.2, 0.25) is 11.7 Å². The first-order valence-electron chi connectivity index (χ1n) is 10.9. The zero-order chi connectivity index (χ0) is 23.0. The molecule has 1 atom stereocenters. The van der Waals surface area contributed by atoms with Gasteiger partial charge in [-0.3, -0.25) is 14.5 Å². The number of aryl methyl sites for hydroxylation is 2. The van der Waals surface area contributed by atoms with Gasteiger partial charge < -0.3 is 14.2 Å². The highest BCUT2D eigenvalue weighted by Crippen LogP contribution is 2.47. The Morgan fingerprint density at radius 2 is 1.56 bits per heavy atom. The van der Waals surface area contributed by atoms with E-state index in [1.807, 2.05) is 44.2 Å². The number of rotatable bonds is 5. The van der Waals surface area contributed by atoms with E-state index < -0.39 is 0 Å². The highest BCUT2D eigenvalue weighted by molar-refractivity contribution is 6.07. The van der Waals surface area contributed by atoms with E-state index in [2.05, 4.69) is 0 Å². The Bertz CT molecular complexity index is 1090. The molecule has 6 heteroatoms. The van der Waals surface area contributed by atoms with Crippen LogP contribution < -0.4 is 19.1 Å². The fourth-order valence-corrected chi connectivity index (χ4v) is 4.74. The summed E-state index contributed by atoms with van der Waals surface area (Å²) in [6.45, 7) is 4.08. The van der Waals surface area contributed by atoms with Crippen LogP contribution in [0.25, 0.3) is 0 Å². The van der Waals surface area contributed by atoms with E-state index in [0.29, 0.717) is 30.1 Å². The summed E-state index contributed by atoms with van der Waals surface area (Å²) in [5.41, 5.74) is 5.47. The quantitative estimate of drug-likeness (QED) is 0.671. The van der Waals surface area contributed by atoms with Crippen LogP contribution in [0.15, 0.2) is 41.6 Å². The number of methoxy groups -OCH3 is 3. The molecule has 1 aliphatic carbocycles. The third kappa shape index (κ3) is 3.64. The maximum absolute atomic E-state index is 13.5. The van der Waals surface area contributed by atoms with Gasteiger partial charge in [-0.1, -0.05) is 6.07 Å². The molecule has 0 saturated heterocycles. The van der Waals surface area contributed by atoms with Crippen LogP contribution >= 0.6 is 0 Å². The van der Waals surface area contributed by atoms with Gasteiger partial charge >= 0.3 is 0 Å². The van der Waals surface area contributed by atoms with Crippen LogP contribution in [0.3, 0.4) is 0 Å². The molecule has 1 unspecified atom stereocenters. The molecule has 0 saturated carbocycles. The highest BCUT2D eigenvalue weighted by atomic mass is 16.5. The molecule has 1 amide bonds. The maximum atomic E-state index is 13.5. The maximum Gasteiger partial charge on any atom is 0.232 e. The number of allylic oxidation sites excluding steroid dienone is 2. The van der Waals surface area contributed by atoms with Crippen LogP contribution in [-0.4, -0.2) is 33.0 Å². The lowest BCUT2D eigenvalue weighted by Crippen LogP contribution is -2.40. The van der Waals surface area contributed by atoms with E-state index in [1.54, 1.807) is 26.2 Å². The summed E-state index contributed by atoms with van der Waals surface area (Å²) in [7, 11) is 4.67. The molecule has 0 spiro atoms. The van der Waals surface area contributed by atoms with Crippen LogP contribution in [0.2, 0.25) is 0 Å². The molecule has 168 valence electrons. The minimum absolute atomic E-state index is 0.0135. The van der Waals surface area contributed by atoms with Crippen molar-refractivity contribution < 1.29 is 23.8 Å². The number of Topliss-reactive ketones (excluding diaryl/α,β-unsaturated/α-hetero) is 1. The SMILES string of the molecule is COc1cc(C2CC(=O)N(c3ccc(C)c(C)c3)C3=C2C(=O)CCC3)cc(OC)c1OC. The second-order valence-corrected chi connectivity index (χ2v) is 8.35. The first-order chi connectivity index (χ1) is 15.4. The largest absolute Gasteiger partial charge is 0.493 e. The summed E-state index contributed by atoms with van der Waals surface area (Å²) in [6, 6.07) is 9.70. The predicted octanol–water partition coefficient (Wildman–Crippen LogP) is 4.86.